The van der Waals surface area contributed by atoms with Gasteiger partial charge >= 0.3 is 6.18 Å². The summed E-state index contributed by atoms with van der Waals surface area (Å²) in [7, 11) is 0. The number of hydrogen-bond acceptors (Lipinski definition) is 2. The highest BCUT2D eigenvalue weighted by molar-refractivity contribution is 5.27. The minimum absolute atomic E-state index is 0.209. The molecule has 1 rings (SSSR count). The van der Waals surface area contributed by atoms with Gasteiger partial charge in [0.1, 0.15) is 6.10 Å². The van der Waals surface area contributed by atoms with Gasteiger partial charge in [0.25, 0.3) is 0 Å². The van der Waals surface area contributed by atoms with Gasteiger partial charge in [-0.15, -0.1) is 0 Å². The quantitative estimate of drug-likeness (QED) is 0.886. The Balaban J connectivity index is 2.92. The van der Waals surface area contributed by atoms with Crippen molar-refractivity contribution in [2.75, 3.05) is 6.61 Å². The van der Waals surface area contributed by atoms with Crippen LogP contribution in [0.1, 0.15) is 31.1 Å². The molecule has 2 unspecified atom stereocenters. The van der Waals surface area contributed by atoms with Crippen LogP contribution >= 0.6 is 0 Å². The van der Waals surface area contributed by atoms with Gasteiger partial charge in [0, 0.05) is 6.61 Å². The van der Waals surface area contributed by atoms with Crippen molar-refractivity contribution >= 4 is 0 Å². The number of alkyl halides is 3. The molecule has 17 heavy (non-hydrogen) atoms. The SMILES string of the molecule is CCOC(C)C(O)c1cccc(C(F)(F)F)c1. The molecule has 5 heteroatoms. The van der Waals surface area contributed by atoms with Crippen LogP contribution < -0.4 is 0 Å². The van der Waals surface area contributed by atoms with Gasteiger partial charge in [-0.25, -0.2) is 0 Å². The highest BCUT2D eigenvalue weighted by atomic mass is 19.4. The molecule has 0 aromatic heterocycles. The first-order valence-corrected chi connectivity index (χ1v) is 5.33. The van der Waals surface area contributed by atoms with Crippen molar-refractivity contribution in [2.24, 2.45) is 0 Å². The fourth-order valence-electron chi connectivity index (χ4n) is 1.52. The van der Waals surface area contributed by atoms with E-state index in [0.29, 0.717) is 6.61 Å². The Bertz CT molecular complexity index is 363. The van der Waals surface area contributed by atoms with E-state index in [1.807, 2.05) is 0 Å². The molecular weight excluding hydrogens is 233 g/mol. The molecule has 1 N–H and O–H groups in total. The molecule has 2 atom stereocenters. The molecule has 0 bridgehead atoms. The average molecular weight is 248 g/mol. The van der Waals surface area contributed by atoms with Crippen LogP contribution in [-0.2, 0) is 10.9 Å². The fraction of sp³-hybridized carbons (Fsp3) is 0.500. The zero-order valence-electron chi connectivity index (χ0n) is 9.66. The summed E-state index contributed by atoms with van der Waals surface area (Å²) in [6, 6.07) is 4.65. The maximum atomic E-state index is 12.5. The summed E-state index contributed by atoms with van der Waals surface area (Å²) in [5.41, 5.74) is -0.557. The topological polar surface area (TPSA) is 29.5 Å². The third kappa shape index (κ3) is 3.71. The van der Waals surface area contributed by atoms with Crippen LogP contribution in [-0.4, -0.2) is 17.8 Å². The lowest BCUT2D eigenvalue weighted by molar-refractivity contribution is -0.137. The number of aliphatic hydroxyl groups excluding tert-OH is 1. The second-order valence-corrected chi connectivity index (χ2v) is 3.73. The summed E-state index contributed by atoms with van der Waals surface area (Å²) in [5, 5.41) is 9.82. The molecule has 0 saturated carbocycles. The Morgan fingerprint density at radius 1 is 1.35 bits per heavy atom. The summed E-state index contributed by atoms with van der Waals surface area (Å²) in [6.07, 6.45) is -5.99. The monoisotopic (exact) mass is 248 g/mol. The molecule has 0 spiro atoms. The first kappa shape index (κ1) is 14.0. The summed E-state index contributed by atoms with van der Waals surface area (Å²) in [4.78, 5) is 0. The fourth-order valence-corrected chi connectivity index (χ4v) is 1.52. The molecule has 0 saturated heterocycles. The Labute approximate surface area is 98.0 Å². The van der Waals surface area contributed by atoms with E-state index in [0.717, 1.165) is 12.1 Å². The number of halogens is 3. The molecule has 96 valence electrons. The predicted molar refractivity (Wildman–Crippen MR) is 57.5 cm³/mol. The van der Waals surface area contributed by atoms with Crippen LogP contribution in [0, 0.1) is 0 Å². The van der Waals surface area contributed by atoms with Crippen molar-refractivity contribution in [1.29, 1.82) is 0 Å². The summed E-state index contributed by atoms with van der Waals surface area (Å²) in [5.74, 6) is 0. The first-order chi connectivity index (χ1) is 7.86. The minimum atomic E-state index is -4.40. The zero-order valence-corrected chi connectivity index (χ0v) is 9.66. The molecule has 0 fully saturated rings. The van der Waals surface area contributed by atoms with E-state index in [1.54, 1.807) is 13.8 Å². The number of benzene rings is 1. The Morgan fingerprint density at radius 2 is 2.00 bits per heavy atom. The molecule has 2 nitrogen and oxygen atoms in total. The van der Waals surface area contributed by atoms with Crippen molar-refractivity contribution in [2.45, 2.75) is 32.2 Å². The van der Waals surface area contributed by atoms with Crippen LogP contribution in [0.5, 0.6) is 0 Å². The molecule has 0 aliphatic carbocycles. The Kier molecular flexibility index (Phi) is 4.54. The van der Waals surface area contributed by atoms with Crippen molar-refractivity contribution in [3.05, 3.63) is 35.4 Å². The lowest BCUT2D eigenvalue weighted by Crippen LogP contribution is -2.19. The number of rotatable bonds is 4. The average Bonchev–Trinajstić information content (AvgIpc) is 2.27. The third-order valence-electron chi connectivity index (χ3n) is 2.43. The van der Waals surface area contributed by atoms with Crippen LogP contribution in [0.3, 0.4) is 0 Å². The summed E-state index contributed by atoms with van der Waals surface area (Å²) in [6.45, 7) is 3.78. The zero-order chi connectivity index (χ0) is 13.1. The third-order valence-corrected chi connectivity index (χ3v) is 2.43. The molecule has 0 heterocycles. The van der Waals surface area contributed by atoms with Crippen molar-refractivity contribution < 1.29 is 23.0 Å². The van der Waals surface area contributed by atoms with E-state index in [-0.39, 0.29) is 5.56 Å². The minimum Gasteiger partial charge on any atom is -0.386 e. The normalized spacial score (nSPS) is 15.6. The molecule has 1 aromatic carbocycles. The molecule has 1 aromatic rings. The second kappa shape index (κ2) is 5.51. The van der Waals surface area contributed by atoms with Crippen LogP contribution in [0.2, 0.25) is 0 Å². The van der Waals surface area contributed by atoms with E-state index in [9.17, 15) is 18.3 Å². The summed E-state index contributed by atoms with van der Waals surface area (Å²) >= 11 is 0. The van der Waals surface area contributed by atoms with Crippen molar-refractivity contribution in [1.82, 2.24) is 0 Å². The second-order valence-electron chi connectivity index (χ2n) is 3.73. The number of hydrogen-bond donors (Lipinski definition) is 1. The number of ether oxygens (including phenoxy) is 1. The largest absolute Gasteiger partial charge is 0.416 e. The van der Waals surface area contributed by atoms with Gasteiger partial charge in [0.2, 0.25) is 0 Å². The molecule has 0 aliphatic heterocycles. The van der Waals surface area contributed by atoms with Crippen molar-refractivity contribution in [3.8, 4) is 0 Å². The van der Waals surface area contributed by atoms with E-state index < -0.39 is 23.9 Å². The van der Waals surface area contributed by atoms with Gasteiger partial charge in [0.15, 0.2) is 0 Å². The van der Waals surface area contributed by atoms with Gasteiger partial charge in [-0.2, -0.15) is 13.2 Å². The Hall–Kier alpha value is -1.07. The summed E-state index contributed by atoms with van der Waals surface area (Å²) < 4.78 is 42.6. The smallest absolute Gasteiger partial charge is 0.386 e. The van der Waals surface area contributed by atoms with Crippen LogP contribution in [0.4, 0.5) is 13.2 Å². The van der Waals surface area contributed by atoms with Gasteiger partial charge in [0.05, 0.1) is 11.7 Å². The van der Waals surface area contributed by atoms with Crippen LogP contribution in [0.25, 0.3) is 0 Å². The highest BCUT2D eigenvalue weighted by Crippen LogP contribution is 2.31. The Morgan fingerprint density at radius 3 is 2.53 bits per heavy atom. The van der Waals surface area contributed by atoms with E-state index in [1.165, 1.54) is 12.1 Å². The van der Waals surface area contributed by atoms with Crippen LogP contribution in [0.15, 0.2) is 24.3 Å². The number of aliphatic hydroxyl groups is 1. The molecular formula is C12H15F3O2. The predicted octanol–water partition coefficient (Wildman–Crippen LogP) is 3.16. The van der Waals surface area contributed by atoms with E-state index >= 15 is 0 Å². The van der Waals surface area contributed by atoms with Gasteiger partial charge in [-0.1, -0.05) is 12.1 Å². The molecule has 0 radical (unpaired) electrons. The van der Waals surface area contributed by atoms with Gasteiger partial charge in [-0.05, 0) is 31.5 Å². The lowest BCUT2D eigenvalue weighted by Gasteiger charge is -2.20. The van der Waals surface area contributed by atoms with E-state index in [2.05, 4.69) is 0 Å². The molecule has 0 amide bonds. The first-order valence-electron chi connectivity index (χ1n) is 5.33. The van der Waals surface area contributed by atoms with Crippen molar-refractivity contribution in [3.63, 3.8) is 0 Å². The maximum absolute atomic E-state index is 12.5. The van der Waals surface area contributed by atoms with E-state index in [4.69, 9.17) is 4.74 Å². The van der Waals surface area contributed by atoms with Gasteiger partial charge in [-0.3, -0.25) is 0 Å². The highest BCUT2D eigenvalue weighted by Gasteiger charge is 2.31. The standard InChI is InChI=1S/C12H15F3O2/c1-3-17-8(2)11(16)9-5-4-6-10(7-9)12(13,14)15/h4-8,11,16H,3H2,1-2H3. The lowest BCUT2D eigenvalue weighted by atomic mass is 10.0. The maximum Gasteiger partial charge on any atom is 0.416 e. The van der Waals surface area contributed by atoms with Gasteiger partial charge < -0.3 is 9.84 Å². The molecule has 0 aliphatic rings.